The molecular formula is C21H23F3O. The van der Waals surface area contributed by atoms with Crippen LogP contribution < -0.4 is 0 Å². The zero-order valence-electron chi connectivity index (χ0n) is 14.6. The summed E-state index contributed by atoms with van der Waals surface area (Å²) in [6.07, 6.45) is 3.39. The van der Waals surface area contributed by atoms with Gasteiger partial charge in [0.15, 0.2) is 11.6 Å². The monoisotopic (exact) mass is 348 g/mol. The highest BCUT2D eigenvalue weighted by Gasteiger charge is 2.27. The molecule has 2 unspecified atom stereocenters. The van der Waals surface area contributed by atoms with Crippen LogP contribution in [0.3, 0.4) is 0 Å². The van der Waals surface area contributed by atoms with Gasteiger partial charge in [0.2, 0.25) is 0 Å². The van der Waals surface area contributed by atoms with Crippen molar-refractivity contribution in [3.8, 4) is 11.1 Å². The van der Waals surface area contributed by atoms with Gasteiger partial charge < -0.3 is 4.74 Å². The summed E-state index contributed by atoms with van der Waals surface area (Å²) in [7, 11) is 0. The predicted molar refractivity (Wildman–Crippen MR) is 92.8 cm³/mol. The van der Waals surface area contributed by atoms with Crippen molar-refractivity contribution in [1.82, 2.24) is 0 Å². The number of hydrogen-bond acceptors (Lipinski definition) is 1. The molecule has 0 aliphatic carbocycles. The second kappa shape index (κ2) is 7.61. The van der Waals surface area contributed by atoms with Crippen LogP contribution in [-0.4, -0.2) is 6.61 Å². The maximum Gasteiger partial charge on any atom is 0.167 e. The molecule has 1 saturated heterocycles. The van der Waals surface area contributed by atoms with E-state index in [0.29, 0.717) is 18.9 Å². The number of ether oxygens (including phenoxy) is 1. The normalized spacial score (nSPS) is 20.7. The van der Waals surface area contributed by atoms with Crippen LogP contribution in [0.5, 0.6) is 0 Å². The second-order valence-corrected chi connectivity index (χ2v) is 6.87. The van der Waals surface area contributed by atoms with Gasteiger partial charge in [0.1, 0.15) is 5.82 Å². The summed E-state index contributed by atoms with van der Waals surface area (Å²) in [4.78, 5) is 0. The first-order valence-corrected chi connectivity index (χ1v) is 8.87. The van der Waals surface area contributed by atoms with E-state index in [0.717, 1.165) is 24.8 Å². The maximum absolute atomic E-state index is 14.6. The summed E-state index contributed by atoms with van der Waals surface area (Å²) < 4.78 is 49.1. The van der Waals surface area contributed by atoms with Gasteiger partial charge >= 0.3 is 0 Å². The second-order valence-electron chi connectivity index (χ2n) is 6.87. The minimum atomic E-state index is -1.01. The summed E-state index contributed by atoms with van der Waals surface area (Å²) in [5, 5.41) is 0. The number of hydrogen-bond donors (Lipinski definition) is 0. The summed E-state index contributed by atoms with van der Waals surface area (Å²) in [5.41, 5.74) is 0.972. The van der Waals surface area contributed by atoms with E-state index in [2.05, 4.69) is 6.92 Å². The Morgan fingerprint density at radius 1 is 1.00 bits per heavy atom. The first-order chi connectivity index (χ1) is 12.0. The predicted octanol–water partition coefficient (Wildman–Crippen LogP) is 6.35. The molecule has 0 radical (unpaired) electrons. The lowest BCUT2D eigenvalue weighted by Gasteiger charge is -2.29. The van der Waals surface area contributed by atoms with Crippen molar-refractivity contribution in [2.24, 2.45) is 5.92 Å². The highest BCUT2D eigenvalue weighted by molar-refractivity contribution is 5.66. The van der Waals surface area contributed by atoms with E-state index in [1.165, 1.54) is 24.3 Å². The summed E-state index contributed by atoms with van der Waals surface area (Å²) in [6.45, 7) is 4.46. The van der Waals surface area contributed by atoms with Gasteiger partial charge in [-0.15, -0.1) is 0 Å². The number of rotatable bonds is 4. The summed E-state index contributed by atoms with van der Waals surface area (Å²) >= 11 is 0. The van der Waals surface area contributed by atoms with Crippen LogP contribution in [0.15, 0.2) is 30.3 Å². The highest BCUT2D eigenvalue weighted by atomic mass is 19.2. The Morgan fingerprint density at radius 3 is 2.40 bits per heavy atom. The molecule has 2 aromatic carbocycles. The van der Waals surface area contributed by atoms with E-state index in [4.69, 9.17) is 4.74 Å². The third kappa shape index (κ3) is 3.74. The number of aryl methyl sites for hydroxylation is 1. The van der Waals surface area contributed by atoms with Crippen LogP contribution in [0.25, 0.3) is 11.1 Å². The molecule has 0 aromatic heterocycles. The fourth-order valence-corrected chi connectivity index (χ4v) is 3.55. The first-order valence-electron chi connectivity index (χ1n) is 8.87. The van der Waals surface area contributed by atoms with Crippen LogP contribution in [0.1, 0.15) is 49.8 Å². The average Bonchev–Trinajstić information content (AvgIpc) is 2.59. The topological polar surface area (TPSA) is 9.23 Å². The molecule has 25 heavy (non-hydrogen) atoms. The molecule has 1 nitrogen and oxygen atoms in total. The maximum atomic E-state index is 14.6. The Hall–Kier alpha value is -1.81. The molecule has 2 atom stereocenters. The van der Waals surface area contributed by atoms with Gasteiger partial charge in [0.05, 0.1) is 12.7 Å². The molecule has 4 heteroatoms. The van der Waals surface area contributed by atoms with Crippen molar-refractivity contribution in [1.29, 1.82) is 0 Å². The largest absolute Gasteiger partial charge is 0.373 e. The minimum Gasteiger partial charge on any atom is -0.373 e. The number of halogens is 3. The standard InChI is InChI=1S/C21H23F3O/c1-3-4-14-6-10-19(25-12-14)17-9-8-16(20(23)21(17)24)15-7-5-13(2)11-18(15)22/h5,7-9,11,14,19H,3-4,6,10,12H2,1-2H3. The Kier molecular flexibility index (Phi) is 5.48. The van der Waals surface area contributed by atoms with Crippen LogP contribution in [0, 0.1) is 30.3 Å². The van der Waals surface area contributed by atoms with Crippen molar-refractivity contribution in [3.05, 3.63) is 58.9 Å². The summed E-state index contributed by atoms with van der Waals surface area (Å²) in [6, 6.07) is 7.45. The van der Waals surface area contributed by atoms with Gasteiger partial charge in [-0.1, -0.05) is 37.6 Å². The van der Waals surface area contributed by atoms with Crippen LogP contribution in [0.4, 0.5) is 13.2 Å². The van der Waals surface area contributed by atoms with E-state index in [9.17, 15) is 13.2 Å². The van der Waals surface area contributed by atoms with Crippen LogP contribution >= 0.6 is 0 Å². The van der Waals surface area contributed by atoms with Crippen LogP contribution in [0.2, 0.25) is 0 Å². The fourth-order valence-electron chi connectivity index (χ4n) is 3.55. The Balaban J connectivity index is 1.86. The molecule has 1 aliphatic rings. The van der Waals surface area contributed by atoms with Gasteiger partial charge in [-0.3, -0.25) is 0 Å². The average molecular weight is 348 g/mol. The molecule has 0 spiro atoms. The molecule has 0 N–H and O–H groups in total. The van der Waals surface area contributed by atoms with E-state index in [-0.39, 0.29) is 16.7 Å². The van der Waals surface area contributed by atoms with Gasteiger partial charge in [0, 0.05) is 16.7 Å². The van der Waals surface area contributed by atoms with Gasteiger partial charge in [-0.05, 0) is 43.7 Å². The van der Waals surface area contributed by atoms with Crippen molar-refractivity contribution in [3.63, 3.8) is 0 Å². The zero-order valence-corrected chi connectivity index (χ0v) is 14.6. The SMILES string of the molecule is CCCC1CCC(c2ccc(-c3ccc(C)cc3F)c(F)c2F)OC1. The molecular weight excluding hydrogens is 325 g/mol. The summed E-state index contributed by atoms with van der Waals surface area (Å²) in [5.74, 6) is -2.01. The smallest absolute Gasteiger partial charge is 0.167 e. The lowest BCUT2D eigenvalue weighted by molar-refractivity contribution is -0.0214. The highest BCUT2D eigenvalue weighted by Crippen LogP contribution is 2.36. The van der Waals surface area contributed by atoms with Gasteiger partial charge in [-0.25, -0.2) is 13.2 Å². The zero-order chi connectivity index (χ0) is 18.0. The van der Waals surface area contributed by atoms with Crippen LogP contribution in [-0.2, 0) is 4.74 Å². The van der Waals surface area contributed by atoms with Crippen molar-refractivity contribution < 1.29 is 17.9 Å². The lowest BCUT2D eigenvalue weighted by Crippen LogP contribution is -2.21. The quantitative estimate of drug-likeness (QED) is 0.626. The lowest BCUT2D eigenvalue weighted by atomic mass is 9.90. The van der Waals surface area contributed by atoms with E-state index in [1.54, 1.807) is 13.0 Å². The fraction of sp³-hybridized carbons (Fsp3) is 0.429. The van der Waals surface area contributed by atoms with E-state index < -0.39 is 23.6 Å². The molecule has 1 heterocycles. The molecule has 134 valence electrons. The Bertz CT molecular complexity index is 749. The Labute approximate surface area is 146 Å². The van der Waals surface area contributed by atoms with E-state index >= 15 is 0 Å². The first kappa shape index (κ1) is 18.0. The number of benzene rings is 2. The molecule has 0 amide bonds. The third-order valence-corrected chi connectivity index (χ3v) is 4.94. The van der Waals surface area contributed by atoms with Gasteiger partial charge in [0.25, 0.3) is 0 Å². The van der Waals surface area contributed by atoms with Crippen molar-refractivity contribution in [2.45, 2.75) is 45.6 Å². The molecule has 1 fully saturated rings. The third-order valence-electron chi connectivity index (χ3n) is 4.94. The molecule has 0 bridgehead atoms. The molecule has 3 rings (SSSR count). The van der Waals surface area contributed by atoms with E-state index in [1.807, 2.05) is 0 Å². The van der Waals surface area contributed by atoms with Gasteiger partial charge in [-0.2, -0.15) is 0 Å². The molecule has 2 aromatic rings. The Morgan fingerprint density at radius 2 is 1.76 bits per heavy atom. The van der Waals surface area contributed by atoms with Crippen molar-refractivity contribution in [2.75, 3.05) is 6.61 Å². The van der Waals surface area contributed by atoms with Crippen molar-refractivity contribution >= 4 is 0 Å². The molecule has 0 saturated carbocycles. The molecule has 1 aliphatic heterocycles. The minimum absolute atomic E-state index is 0.0570.